The summed E-state index contributed by atoms with van der Waals surface area (Å²) in [7, 11) is 0. The van der Waals surface area contributed by atoms with E-state index in [9.17, 15) is 9.59 Å². The first-order valence-corrected chi connectivity index (χ1v) is 8.68. The van der Waals surface area contributed by atoms with Crippen LogP contribution < -0.4 is 0 Å². The molecule has 1 aliphatic carbocycles. The second-order valence-electron chi connectivity index (χ2n) is 6.91. The third-order valence-corrected chi connectivity index (χ3v) is 5.05. The average molecular weight is 318 g/mol. The Balaban J connectivity index is 1.80. The summed E-state index contributed by atoms with van der Waals surface area (Å²) in [6.07, 6.45) is 3.12. The van der Waals surface area contributed by atoms with Gasteiger partial charge in [-0.05, 0) is 33.6 Å². The fraction of sp³-hybridized carbons (Fsp3) is 0.667. The van der Waals surface area contributed by atoms with Crippen molar-refractivity contribution in [2.75, 3.05) is 26.2 Å². The summed E-state index contributed by atoms with van der Waals surface area (Å²) in [6, 6.07) is 0.500. The van der Waals surface area contributed by atoms with Gasteiger partial charge in [0.25, 0.3) is 5.91 Å². The second-order valence-corrected chi connectivity index (χ2v) is 6.91. The lowest BCUT2D eigenvalue weighted by atomic mass is 9.94. The Bertz CT molecular complexity index is 618. The van der Waals surface area contributed by atoms with Gasteiger partial charge in [0.2, 0.25) is 0 Å². The fourth-order valence-corrected chi connectivity index (χ4v) is 3.65. The van der Waals surface area contributed by atoms with Gasteiger partial charge >= 0.3 is 0 Å². The predicted octanol–water partition coefficient (Wildman–Crippen LogP) is 2.66. The van der Waals surface area contributed by atoms with Gasteiger partial charge in [-0.1, -0.05) is 0 Å². The molecule has 5 nitrogen and oxygen atoms in total. The lowest BCUT2D eigenvalue weighted by Gasteiger charge is -2.24. The largest absolute Gasteiger partial charge is 0.455 e. The number of ketones is 1. The smallest absolute Gasteiger partial charge is 0.289 e. The first kappa shape index (κ1) is 16.2. The number of hydrogen-bond donors (Lipinski definition) is 0. The normalized spacial score (nSPS) is 19.8. The zero-order chi connectivity index (χ0) is 16.6. The Hall–Kier alpha value is -1.62. The van der Waals surface area contributed by atoms with Crippen LogP contribution in [0.2, 0.25) is 0 Å². The van der Waals surface area contributed by atoms with E-state index in [0.29, 0.717) is 29.5 Å². The summed E-state index contributed by atoms with van der Waals surface area (Å²) < 4.78 is 5.81. The average Bonchev–Trinajstić information content (AvgIpc) is 2.72. The van der Waals surface area contributed by atoms with Crippen molar-refractivity contribution in [2.45, 2.75) is 52.5 Å². The summed E-state index contributed by atoms with van der Waals surface area (Å²) in [5.41, 5.74) is 1.40. The standard InChI is InChI=1S/C18H26N2O3/c1-12(2)19-8-5-9-20(11-10-19)18(22)17-13(3)16-14(21)6-4-7-15(16)23-17/h12H,4-11H2,1-3H3. The number of carbonyl (C=O) groups excluding carboxylic acids is 2. The molecular formula is C18H26N2O3. The van der Waals surface area contributed by atoms with Crippen molar-refractivity contribution >= 4 is 11.7 Å². The van der Waals surface area contributed by atoms with Crippen molar-refractivity contribution in [2.24, 2.45) is 0 Å². The first-order valence-electron chi connectivity index (χ1n) is 8.68. The lowest BCUT2D eigenvalue weighted by molar-refractivity contribution is 0.0723. The van der Waals surface area contributed by atoms with Gasteiger partial charge in [0.05, 0.1) is 5.56 Å². The Morgan fingerprint density at radius 2 is 1.87 bits per heavy atom. The monoisotopic (exact) mass is 318 g/mol. The number of amides is 1. The topological polar surface area (TPSA) is 53.8 Å². The van der Waals surface area contributed by atoms with E-state index in [2.05, 4.69) is 18.7 Å². The molecule has 0 N–H and O–H groups in total. The van der Waals surface area contributed by atoms with E-state index in [1.807, 2.05) is 11.8 Å². The fourth-order valence-electron chi connectivity index (χ4n) is 3.65. The molecule has 2 heterocycles. The molecular weight excluding hydrogens is 292 g/mol. The molecule has 1 saturated heterocycles. The summed E-state index contributed by atoms with van der Waals surface area (Å²) in [4.78, 5) is 29.3. The van der Waals surface area contributed by atoms with E-state index in [0.717, 1.165) is 51.0 Å². The summed E-state index contributed by atoms with van der Waals surface area (Å²) in [5, 5.41) is 0. The van der Waals surface area contributed by atoms with E-state index >= 15 is 0 Å². The van der Waals surface area contributed by atoms with Crippen LogP contribution >= 0.6 is 0 Å². The summed E-state index contributed by atoms with van der Waals surface area (Å²) in [5.74, 6) is 1.15. The third kappa shape index (κ3) is 3.07. The van der Waals surface area contributed by atoms with E-state index < -0.39 is 0 Å². The molecule has 0 bridgehead atoms. The zero-order valence-corrected chi connectivity index (χ0v) is 14.4. The van der Waals surface area contributed by atoms with Crippen LogP contribution in [0, 0.1) is 6.92 Å². The number of rotatable bonds is 2. The SMILES string of the molecule is Cc1c(C(=O)N2CCCN(C(C)C)CC2)oc2c1C(=O)CCC2. The maximum atomic E-state index is 12.9. The van der Waals surface area contributed by atoms with Crippen LogP contribution in [0.25, 0.3) is 0 Å². The van der Waals surface area contributed by atoms with Crippen molar-refractivity contribution < 1.29 is 14.0 Å². The predicted molar refractivity (Wildman–Crippen MR) is 87.9 cm³/mol. The molecule has 0 aromatic carbocycles. The molecule has 23 heavy (non-hydrogen) atoms. The van der Waals surface area contributed by atoms with E-state index in [1.54, 1.807) is 0 Å². The molecule has 1 fully saturated rings. The van der Waals surface area contributed by atoms with Crippen LogP contribution in [0.4, 0.5) is 0 Å². The molecule has 126 valence electrons. The van der Waals surface area contributed by atoms with Crippen LogP contribution in [-0.2, 0) is 6.42 Å². The van der Waals surface area contributed by atoms with E-state index in [-0.39, 0.29) is 11.7 Å². The molecule has 0 unspecified atom stereocenters. The molecule has 3 rings (SSSR count). The molecule has 1 aliphatic heterocycles. The minimum absolute atomic E-state index is 0.0599. The van der Waals surface area contributed by atoms with Crippen LogP contribution in [-0.4, -0.2) is 53.7 Å². The van der Waals surface area contributed by atoms with Crippen molar-refractivity contribution in [3.05, 3.63) is 22.6 Å². The number of fused-ring (bicyclic) bond motifs is 1. The van der Waals surface area contributed by atoms with Crippen molar-refractivity contribution in [3.63, 3.8) is 0 Å². The van der Waals surface area contributed by atoms with Crippen molar-refractivity contribution in [1.82, 2.24) is 9.80 Å². The summed E-state index contributed by atoms with van der Waals surface area (Å²) in [6.45, 7) is 9.60. The minimum Gasteiger partial charge on any atom is -0.455 e. The quantitative estimate of drug-likeness (QED) is 0.841. The third-order valence-electron chi connectivity index (χ3n) is 5.05. The van der Waals surface area contributed by atoms with E-state index in [4.69, 9.17) is 4.42 Å². The molecule has 1 amide bonds. The highest BCUT2D eigenvalue weighted by molar-refractivity contribution is 6.03. The zero-order valence-electron chi connectivity index (χ0n) is 14.4. The van der Waals surface area contributed by atoms with Gasteiger partial charge in [0.1, 0.15) is 5.76 Å². The lowest BCUT2D eigenvalue weighted by Crippen LogP contribution is -2.37. The maximum Gasteiger partial charge on any atom is 0.289 e. The molecule has 1 aromatic rings. The number of furan rings is 1. The molecule has 2 aliphatic rings. The molecule has 0 radical (unpaired) electrons. The number of aryl methyl sites for hydroxylation is 1. The Morgan fingerprint density at radius 3 is 2.57 bits per heavy atom. The molecule has 0 saturated carbocycles. The highest BCUT2D eigenvalue weighted by atomic mass is 16.4. The molecule has 0 atom stereocenters. The number of Topliss-reactive ketones (excluding diaryl/α,β-unsaturated/α-hetero) is 1. The Kier molecular flexibility index (Phi) is 4.57. The van der Waals surface area contributed by atoms with Gasteiger partial charge in [-0.15, -0.1) is 0 Å². The maximum absolute atomic E-state index is 12.9. The van der Waals surface area contributed by atoms with Crippen LogP contribution in [0.1, 0.15) is 65.3 Å². The first-order chi connectivity index (χ1) is 11.0. The summed E-state index contributed by atoms with van der Waals surface area (Å²) >= 11 is 0. The van der Waals surface area contributed by atoms with Gasteiger partial charge in [-0.3, -0.25) is 14.5 Å². The molecule has 5 heteroatoms. The van der Waals surface area contributed by atoms with Crippen molar-refractivity contribution in [3.8, 4) is 0 Å². The Labute approximate surface area is 137 Å². The van der Waals surface area contributed by atoms with Gasteiger partial charge in [0, 0.05) is 50.6 Å². The number of carbonyl (C=O) groups is 2. The van der Waals surface area contributed by atoms with Gasteiger partial charge in [-0.2, -0.15) is 0 Å². The number of nitrogens with zero attached hydrogens (tertiary/aromatic N) is 2. The minimum atomic E-state index is -0.0599. The van der Waals surface area contributed by atoms with Gasteiger partial charge in [0.15, 0.2) is 11.5 Å². The number of hydrogen-bond acceptors (Lipinski definition) is 4. The van der Waals surface area contributed by atoms with Gasteiger partial charge in [-0.25, -0.2) is 0 Å². The molecule has 0 spiro atoms. The highest BCUT2D eigenvalue weighted by Crippen LogP contribution is 2.30. The highest BCUT2D eigenvalue weighted by Gasteiger charge is 2.31. The molecule has 1 aromatic heterocycles. The second kappa shape index (κ2) is 6.48. The van der Waals surface area contributed by atoms with Crippen LogP contribution in [0.3, 0.4) is 0 Å². The van der Waals surface area contributed by atoms with Crippen LogP contribution in [0.5, 0.6) is 0 Å². The van der Waals surface area contributed by atoms with Gasteiger partial charge < -0.3 is 9.32 Å². The van der Waals surface area contributed by atoms with E-state index in [1.165, 1.54) is 0 Å². The van der Waals surface area contributed by atoms with Crippen molar-refractivity contribution in [1.29, 1.82) is 0 Å². The Morgan fingerprint density at radius 1 is 1.09 bits per heavy atom. The van der Waals surface area contributed by atoms with Crippen LogP contribution in [0.15, 0.2) is 4.42 Å².